The fourth-order valence-electron chi connectivity index (χ4n) is 2.21. The maximum Gasteiger partial charge on any atom is 0.345 e. The van der Waals surface area contributed by atoms with Gasteiger partial charge in [0.15, 0.2) is 0 Å². The van der Waals surface area contributed by atoms with Crippen LogP contribution in [0.3, 0.4) is 0 Å². The highest BCUT2D eigenvalue weighted by atomic mass is 32.1. The number of nitrogens with two attached hydrogens (primary N) is 1. The smallest absolute Gasteiger partial charge is 0.345 e. The molecule has 4 rings (SSSR count). The Morgan fingerprint density at radius 3 is 2.00 bits per heavy atom. The summed E-state index contributed by atoms with van der Waals surface area (Å²) >= 11 is 2.86. The lowest BCUT2D eigenvalue weighted by molar-refractivity contribution is -0.139. The van der Waals surface area contributed by atoms with Gasteiger partial charge in [-0.05, 0) is 43.3 Å². The van der Waals surface area contributed by atoms with Crippen LogP contribution in [0.1, 0.15) is 27.6 Å². The van der Waals surface area contributed by atoms with E-state index >= 15 is 0 Å². The highest BCUT2D eigenvalue weighted by Gasteiger charge is 2.16. The fourth-order valence-corrected chi connectivity index (χ4v) is 3.65. The van der Waals surface area contributed by atoms with Crippen molar-refractivity contribution < 1.29 is 24.2 Å². The number of carbonyl (C=O) groups is 3. The number of rotatable bonds is 3. The van der Waals surface area contributed by atoms with Crippen molar-refractivity contribution in [2.45, 2.75) is 13.0 Å². The van der Waals surface area contributed by atoms with E-state index in [1.165, 1.54) is 29.6 Å². The molecular weight excluding hydrogens is 414 g/mol. The molecule has 0 aliphatic heterocycles. The Morgan fingerprint density at radius 2 is 1.48 bits per heavy atom. The summed E-state index contributed by atoms with van der Waals surface area (Å²) in [6.07, 6.45) is 0. The molecule has 0 bridgehead atoms. The summed E-state index contributed by atoms with van der Waals surface area (Å²) in [6.45, 7) is 1.46. The van der Waals surface area contributed by atoms with Crippen LogP contribution in [0.5, 0.6) is 0 Å². The minimum absolute atomic E-state index is 0.312. The minimum atomic E-state index is -0.898. The Morgan fingerprint density at radius 1 is 0.966 bits per heavy atom. The zero-order valence-corrected chi connectivity index (χ0v) is 16.7. The predicted molar refractivity (Wildman–Crippen MR) is 110 cm³/mol. The van der Waals surface area contributed by atoms with Crippen molar-refractivity contribution in [2.75, 3.05) is 0 Å². The topological polar surface area (TPSA) is 132 Å². The number of benzene rings is 2. The number of carbonyl (C=O) groups excluding carboxylic acids is 2. The van der Waals surface area contributed by atoms with Gasteiger partial charge >= 0.3 is 17.9 Å². The van der Waals surface area contributed by atoms with Crippen LogP contribution in [-0.2, 0) is 9.53 Å². The van der Waals surface area contributed by atoms with Gasteiger partial charge in [0.05, 0.1) is 42.6 Å². The number of esters is 2. The number of aromatic carboxylic acids is 1. The van der Waals surface area contributed by atoms with Gasteiger partial charge in [-0.3, -0.25) is 0 Å². The Kier molecular flexibility index (Phi) is 6.27. The molecule has 8 nitrogen and oxygen atoms in total. The fraction of sp³-hybridized carbons (Fsp3) is 0.105. The first kappa shape index (κ1) is 20.5. The lowest BCUT2D eigenvalue weighted by atomic mass is 10.2. The molecule has 0 aliphatic carbocycles. The van der Waals surface area contributed by atoms with E-state index in [1.54, 1.807) is 47.4 Å². The lowest BCUT2D eigenvalue weighted by Crippen LogP contribution is -2.30. The molecule has 0 aliphatic rings. The van der Waals surface area contributed by atoms with Crippen LogP contribution >= 0.6 is 22.7 Å². The molecule has 148 valence electrons. The predicted octanol–water partition coefficient (Wildman–Crippen LogP) is 3.32. The van der Waals surface area contributed by atoms with Gasteiger partial charge in [0, 0.05) is 0 Å². The molecule has 10 heteroatoms. The first-order valence-corrected chi connectivity index (χ1v) is 10.0. The number of nitrogens with zero attached hydrogens (tertiary/aromatic N) is 2. The van der Waals surface area contributed by atoms with Crippen molar-refractivity contribution in [1.82, 2.24) is 9.97 Å². The van der Waals surface area contributed by atoms with Gasteiger partial charge in [-0.1, -0.05) is 0 Å². The average molecular weight is 429 g/mol. The second kappa shape index (κ2) is 8.86. The highest BCUT2D eigenvalue weighted by molar-refractivity contribution is 7.17. The Bertz CT molecular complexity index is 1200. The molecule has 4 aromatic rings. The Hall–Kier alpha value is -3.21. The van der Waals surface area contributed by atoms with Crippen molar-refractivity contribution in [1.29, 1.82) is 0 Å². The molecule has 1 unspecified atom stereocenters. The van der Waals surface area contributed by atoms with E-state index in [9.17, 15) is 14.4 Å². The highest BCUT2D eigenvalue weighted by Crippen LogP contribution is 2.20. The van der Waals surface area contributed by atoms with E-state index in [-0.39, 0.29) is 0 Å². The second-order valence-corrected chi connectivity index (χ2v) is 7.64. The zero-order chi connectivity index (χ0) is 21.0. The number of carboxylic acid groups (broad SMARTS) is 1. The van der Waals surface area contributed by atoms with Crippen LogP contribution in [0.25, 0.3) is 20.4 Å². The standard InChI is InChI=1S/C11H10N2O3S.C8H5NO2S/c1-6(12)10(14)16-11(15)7-2-3-8-9(4-7)17-5-13-8;10-8(11)5-1-2-6-7(3-5)12-4-9-6/h2-6H,12H2,1H3;1-4H,(H,10,11). The van der Waals surface area contributed by atoms with E-state index in [0.717, 1.165) is 20.4 Å². The van der Waals surface area contributed by atoms with Crippen molar-refractivity contribution in [2.24, 2.45) is 5.73 Å². The third-order valence-corrected chi connectivity index (χ3v) is 5.29. The van der Waals surface area contributed by atoms with Gasteiger partial charge in [0.1, 0.15) is 6.04 Å². The largest absolute Gasteiger partial charge is 0.478 e. The van der Waals surface area contributed by atoms with Crippen LogP contribution < -0.4 is 5.73 Å². The van der Waals surface area contributed by atoms with Crippen LogP contribution in [0.4, 0.5) is 0 Å². The van der Waals surface area contributed by atoms with Crippen LogP contribution in [0.15, 0.2) is 47.4 Å². The van der Waals surface area contributed by atoms with Gasteiger partial charge in [-0.2, -0.15) is 0 Å². The number of hydrogen-bond donors (Lipinski definition) is 2. The third-order valence-electron chi connectivity index (χ3n) is 3.71. The van der Waals surface area contributed by atoms with Gasteiger partial charge in [-0.15, -0.1) is 22.7 Å². The molecule has 0 radical (unpaired) electrons. The molecule has 0 amide bonds. The van der Waals surface area contributed by atoms with Crippen LogP contribution in [-0.4, -0.2) is 39.0 Å². The normalized spacial score (nSPS) is 11.5. The Labute approximate surface area is 172 Å². The summed E-state index contributed by atoms with van der Waals surface area (Å²) in [5.74, 6) is -2.33. The SMILES string of the molecule is CC(N)C(=O)OC(=O)c1ccc2ncsc2c1.O=C(O)c1ccc2ncsc2c1. The quantitative estimate of drug-likeness (QED) is 0.374. The minimum Gasteiger partial charge on any atom is -0.478 e. The molecule has 1 atom stereocenters. The molecule has 3 N–H and O–H groups in total. The molecular formula is C19H15N3O5S2. The summed E-state index contributed by atoms with van der Waals surface area (Å²) in [4.78, 5) is 41.5. The Balaban J connectivity index is 0.000000176. The van der Waals surface area contributed by atoms with Gasteiger partial charge in [0.2, 0.25) is 0 Å². The summed E-state index contributed by atoms with van der Waals surface area (Å²) in [5.41, 5.74) is 11.0. The average Bonchev–Trinajstić information content (AvgIpc) is 3.35. The van der Waals surface area contributed by atoms with Gasteiger partial charge in [-0.25, -0.2) is 24.4 Å². The second-order valence-electron chi connectivity index (χ2n) is 5.87. The molecule has 0 saturated heterocycles. The monoisotopic (exact) mass is 429 g/mol. The van der Waals surface area contributed by atoms with Crippen LogP contribution in [0, 0.1) is 0 Å². The van der Waals surface area contributed by atoms with E-state index in [1.807, 2.05) is 0 Å². The lowest BCUT2D eigenvalue weighted by Gasteiger charge is -2.04. The number of fused-ring (bicyclic) bond motifs is 2. The zero-order valence-electron chi connectivity index (χ0n) is 15.1. The molecule has 0 saturated carbocycles. The molecule has 2 heterocycles. The summed E-state index contributed by atoms with van der Waals surface area (Å²) < 4.78 is 6.38. The van der Waals surface area contributed by atoms with Crippen LogP contribution in [0.2, 0.25) is 0 Å². The summed E-state index contributed by atoms with van der Waals surface area (Å²) in [5, 5.41) is 8.67. The number of hydrogen-bond acceptors (Lipinski definition) is 9. The van der Waals surface area contributed by atoms with Crippen molar-refractivity contribution in [3.8, 4) is 0 Å². The first-order chi connectivity index (χ1) is 13.8. The number of ether oxygens (including phenoxy) is 1. The van der Waals surface area contributed by atoms with E-state index in [0.29, 0.717) is 11.1 Å². The molecule has 2 aromatic heterocycles. The number of aromatic nitrogens is 2. The maximum absolute atomic E-state index is 11.6. The first-order valence-electron chi connectivity index (χ1n) is 8.26. The van der Waals surface area contributed by atoms with E-state index in [4.69, 9.17) is 10.8 Å². The maximum atomic E-state index is 11.6. The summed E-state index contributed by atoms with van der Waals surface area (Å²) in [7, 11) is 0. The van der Waals surface area contributed by atoms with E-state index < -0.39 is 23.9 Å². The van der Waals surface area contributed by atoms with Crippen molar-refractivity contribution >= 4 is 61.0 Å². The number of carboxylic acids is 1. The molecule has 0 spiro atoms. The van der Waals surface area contributed by atoms with E-state index in [2.05, 4.69) is 14.7 Å². The van der Waals surface area contributed by atoms with Gasteiger partial charge < -0.3 is 15.6 Å². The van der Waals surface area contributed by atoms with Crippen molar-refractivity contribution in [3.63, 3.8) is 0 Å². The molecule has 0 fully saturated rings. The third kappa shape index (κ3) is 4.99. The van der Waals surface area contributed by atoms with Gasteiger partial charge in [0.25, 0.3) is 0 Å². The molecule has 2 aromatic carbocycles. The summed E-state index contributed by atoms with van der Waals surface area (Å²) in [6, 6.07) is 9.02. The number of thiazole rings is 2. The van der Waals surface area contributed by atoms with Crippen molar-refractivity contribution in [3.05, 3.63) is 58.5 Å². The molecule has 29 heavy (non-hydrogen) atoms.